The Hall–Kier alpha value is -3.10. The highest BCUT2D eigenvalue weighted by Crippen LogP contribution is 2.52. The molecule has 1 aliphatic carbocycles. The number of ether oxygens (including phenoxy) is 2. The molecule has 8 nitrogen and oxygen atoms in total. The Morgan fingerprint density at radius 3 is 2.83 bits per heavy atom. The van der Waals surface area contributed by atoms with Gasteiger partial charge in [0.05, 0.1) is 18.7 Å². The zero-order chi connectivity index (χ0) is 24.6. The summed E-state index contributed by atoms with van der Waals surface area (Å²) in [6.45, 7) is 4.73. The second-order valence-corrected chi connectivity index (χ2v) is 10.4. The molecular formula is C27H34N4O4. The normalized spacial score (nSPS) is 17.5. The number of nitrogens with zero attached hydrogens (tertiary/aromatic N) is 2. The van der Waals surface area contributed by atoms with Crippen LogP contribution in [0.1, 0.15) is 50.8 Å². The Labute approximate surface area is 205 Å². The first-order chi connectivity index (χ1) is 16.8. The minimum absolute atomic E-state index is 0.0787. The van der Waals surface area contributed by atoms with Crippen LogP contribution in [0.2, 0.25) is 0 Å². The van der Waals surface area contributed by atoms with Crippen molar-refractivity contribution in [3.05, 3.63) is 54.0 Å². The van der Waals surface area contributed by atoms with Crippen molar-refractivity contribution in [1.82, 2.24) is 14.7 Å². The first-order valence-electron chi connectivity index (χ1n) is 12.3. The van der Waals surface area contributed by atoms with Crippen LogP contribution in [0.25, 0.3) is 5.65 Å². The van der Waals surface area contributed by atoms with E-state index in [9.17, 15) is 9.90 Å². The maximum Gasteiger partial charge on any atom is 0.235 e. The van der Waals surface area contributed by atoms with Crippen molar-refractivity contribution in [1.29, 1.82) is 0 Å². The molecule has 0 radical (unpaired) electrons. The number of methoxy groups -OCH3 is 1. The van der Waals surface area contributed by atoms with Crippen molar-refractivity contribution >= 4 is 17.2 Å². The zero-order valence-electron chi connectivity index (χ0n) is 20.6. The average Bonchev–Trinajstić information content (AvgIpc) is 3.55. The maximum absolute atomic E-state index is 12.8. The molecule has 1 aliphatic heterocycles. The summed E-state index contributed by atoms with van der Waals surface area (Å²) in [7, 11) is 1.65. The molecule has 1 amide bonds. The molecule has 0 unspecified atom stereocenters. The van der Waals surface area contributed by atoms with Crippen LogP contribution in [0.4, 0.5) is 5.69 Å². The van der Waals surface area contributed by atoms with E-state index in [0.717, 1.165) is 60.4 Å². The van der Waals surface area contributed by atoms with Crippen LogP contribution < -0.4 is 20.1 Å². The van der Waals surface area contributed by atoms with Crippen LogP contribution >= 0.6 is 0 Å². The quantitative estimate of drug-likeness (QED) is 0.436. The number of benzene rings is 1. The van der Waals surface area contributed by atoms with Gasteiger partial charge in [-0.1, -0.05) is 18.9 Å². The highest BCUT2D eigenvalue weighted by molar-refractivity contribution is 6.07. The first-order valence-corrected chi connectivity index (χ1v) is 12.3. The number of β-amino-alcohol motifs (C(OH)–C–C–N with tert-alkyl or cyclic N) is 1. The minimum Gasteiger partial charge on any atom is -0.495 e. The van der Waals surface area contributed by atoms with Gasteiger partial charge < -0.3 is 29.6 Å². The molecule has 1 aromatic carbocycles. The van der Waals surface area contributed by atoms with Gasteiger partial charge in [-0.15, -0.1) is 0 Å². The van der Waals surface area contributed by atoms with E-state index in [4.69, 9.17) is 9.47 Å². The number of hydrogen-bond acceptors (Lipinski definition) is 6. The summed E-state index contributed by atoms with van der Waals surface area (Å²) < 4.78 is 13.5. The van der Waals surface area contributed by atoms with Gasteiger partial charge in [0.15, 0.2) is 0 Å². The highest BCUT2D eigenvalue weighted by Gasteiger charge is 2.50. The third-order valence-electron chi connectivity index (χ3n) is 7.31. The summed E-state index contributed by atoms with van der Waals surface area (Å²) in [5, 5.41) is 17.2. The fraction of sp³-hybridized carbons (Fsp3) is 0.481. The van der Waals surface area contributed by atoms with E-state index in [1.165, 1.54) is 0 Å². The summed E-state index contributed by atoms with van der Waals surface area (Å²) in [5.74, 6) is 1.55. The van der Waals surface area contributed by atoms with E-state index in [1.807, 2.05) is 47.1 Å². The van der Waals surface area contributed by atoms with Gasteiger partial charge in [-0.05, 0) is 51.0 Å². The zero-order valence-corrected chi connectivity index (χ0v) is 20.6. The third kappa shape index (κ3) is 4.48. The molecule has 186 valence electrons. The number of aliphatic hydroxyl groups is 1. The molecule has 3 N–H and O–H groups in total. The van der Waals surface area contributed by atoms with Gasteiger partial charge in [-0.3, -0.25) is 4.79 Å². The molecule has 1 saturated carbocycles. The van der Waals surface area contributed by atoms with Crippen LogP contribution in [0.3, 0.4) is 0 Å². The van der Waals surface area contributed by atoms with Crippen LogP contribution in [0.15, 0.2) is 42.7 Å². The summed E-state index contributed by atoms with van der Waals surface area (Å²) >= 11 is 0. The number of carbonyl (C=O) groups excluding carboxylic acids is 1. The van der Waals surface area contributed by atoms with Crippen molar-refractivity contribution in [3.8, 4) is 11.5 Å². The summed E-state index contributed by atoms with van der Waals surface area (Å²) in [4.78, 5) is 17.2. The van der Waals surface area contributed by atoms with Crippen LogP contribution in [0, 0.1) is 0 Å². The fourth-order valence-electron chi connectivity index (χ4n) is 5.48. The van der Waals surface area contributed by atoms with E-state index in [-0.39, 0.29) is 18.1 Å². The van der Waals surface area contributed by atoms with Crippen LogP contribution in [-0.2, 0) is 16.6 Å². The summed E-state index contributed by atoms with van der Waals surface area (Å²) in [5.41, 5.74) is 2.97. The number of anilines is 1. The average molecular weight is 479 g/mol. The lowest BCUT2D eigenvalue weighted by molar-refractivity contribution is -0.120. The Bertz CT molecular complexity index is 1230. The van der Waals surface area contributed by atoms with Gasteiger partial charge >= 0.3 is 0 Å². The third-order valence-corrected chi connectivity index (χ3v) is 7.31. The highest BCUT2D eigenvalue weighted by atomic mass is 16.5. The maximum atomic E-state index is 12.8. The van der Waals surface area contributed by atoms with E-state index < -0.39 is 11.5 Å². The fourth-order valence-corrected chi connectivity index (χ4v) is 5.48. The Balaban J connectivity index is 1.20. The summed E-state index contributed by atoms with van der Waals surface area (Å²) in [6.07, 6.45) is 7.62. The summed E-state index contributed by atoms with van der Waals surface area (Å²) in [6, 6.07) is 9.56. The molecule has 3 aromatic rings. The van der Waals surface area contributed by atoms with Crippen molar-refractivity contribution in [2.45, 2.75) is 63.0 Å². The number of aromatic nitrogens is 2. The van der Waals surface area contributed by atoms with Gasteiger partial charge in [0, 0.05) is 41.6 Å². The van der Waals surface area contributed by atoms with Crippen molar-refractivity contribution in [3.63, 3.8) is 0 Å². The number of carbonyl (C=O) groups is 1. The number of pyridine rings is 1. The number of amides is 1. The lowest BCUT2D eigenvalue weighted by Gasteiger charge is -2.28. The molecule has 1 atom stereocenters. The van der Waals surface area contributed by atoms with Crippen molar-refractivity contribution in [2.24, 2.45) is 0 Å². The van der Waals surface area contributed by atoms with Crippen LogP contribution in [0.5, 0.6) is 11.5 Å². The van der Waals surface area contributed by atoms with Gasteiger partial charge in [0.1, 0.15) is 29.9 Å². The van der Waals surface area contributed by atoms with Crippen LogP contribution in [-0.4, -0.2) is 52.3 Å². The SMILES string of the molecule is COc1ccc2ncc(CC(C)(C)NC[C@H](O)COc3cccc4c3C3(CCCC3)C(=O)N4)n2c1. The van der Waals surface area contributed by atoms with Gasteiger partial charge in [-0.25, -0.2) is 4.98 Å². The molecule has 5 rings (SSSR count). The minimum atomic E-state index is -0.697. The molecule has 2 aromatic heterocycles. The second-order valence-electron chi connectivity index (χ2n) is 10.4. The predicted molar refractivity (Wildman–Crippen MR) is 134 cm³/mol. The molecule has 0 saturated heterocycles. The Morgan fingerprint density at radius 1 is 1.26 bits per heavy atom. The number of aliphatic hydroxyl groups excluding tert-OH is 1. The molecule has 8 heteroatoms. The standard InChI is InChI=1S/C27H34N4O4/c1-26(2,13-18-14-28-23-10-9-20(34-3)16-31(18)23)29-15-19(32)17-35-22-8-6-7-21-24(22)27(25(33)30-21)11-4-5-12-27/h6-10,14,16,19,29,32H,4-5,11-13,15,17H2,1-3H3,(H,30,33)/t19-/m0/s1. The van der Waals surface area contributed by atoms with Crippen molar-refractivity contribution in [2.75, 3.05) is 25.6 Å². The molecule has 1 spiro atoms. The van der Waals surface area contributed by atoms with E-state index in [0.29, 0.717) is 12.3 Å². The molecule has 0 bridgehead atoms. The van der Waals surface area contributed by atoms with Crippen molar-refractivity contribution < 1.29 is 19.4 Å². The number of nitrogens with one attached hydrogen (secondary N) is 2. The molecule has 35 heavy (non-hydrogen) atoms. The number of hydrogen-bond donors (Lipinski definition) is 3. The van der Waals surface area contributed by atoms with Gasteiger partial charge in [-0.2, -0.15) is 0 Å². The molecule has 1 fully saturated rings. The Morgan fingerprint density at radius 2 is 2.06 bits per heavy atom. The molecular weight excluding hydrogens is 444 g/mol. The monoisotopic (exact) mass is 478 g/mol. The predicted octanol–water partition coefficient (Wildman–Crippen LogP) is 3.46. The molecule has 3 heterocycles. The van der Waals surface area contributed by atoms with Gasteiger partial charge in [0.2, 0.25) is 5.91 Å². The van der Waals surface area contributed by atoms with Gasteiger partial charge in [0.25, 0.3) is 0 Å². The Kier molecular flexibility index (Phi) is 6.19. The van der Waals surface area contributed by atoms with E-state index in [2.05, 4.69) is 29.5 Å². The number of rotatable bonds is 9. The molecule has 2 aliphatic rings. The lowest BCUT2D eigenvalue weighted by Crippen LogP contribution is -2.46. The first kappa shape index (κ1) is 23.6. The van der Waals surface area contributed by atoms with E-state index >= 15 is 0 Å². The lowest BCUT2D eigenvalue weighted by atomic mass is 9.79. The second kappa shape index (κ2) is 9.17. The smallest absolute Gasteiger partial charge is 0.235 e. The number of imidazole rings is 1. The van der Waals surface area contributed by atoms with E-state index in [1.54, 1.807) is 7.11 Å². The number of fused-ring (bicyclic) bond motifs is 3. The topological polar surface area (TPSA) is 97.1 Å². The largest absolute Gasteiger partial charge is 0.495 e.